The largest absolute Gasteiger partial charge is 0.416 e. The predicted octanol–water partition coefficient (Wildman–Crippen LogP) is 4.18. The molecule has 118 valence electrons. The Balaban J connectivity index is 2.43. The third-order valence-electron chi connectivity index (χ3n) is 3.89. The van der Waals surface area contributed by atoms with E-state index >= 15 is 0 Å². The molecule has 0 amide bonds. The van der Waals surface area contributed by atoms with Gasteiger partial charge in [-0.15, -0.1) is 0 Å². The second-order valence-corrected chi connectivity index (χ2v) is 6.73. The Hall–Kier alpha value is -1.23. The Morgan fingerprint density at radius 3 is 2.38 bits per heavy atom. The second kappa shape index (κ2) is 5.20. The first-order valence-electron chi connectivity index (χ1n) is 7.19. The summed E-state index contributed by atoms with van der Waals surface area (Å²) in [4.78, 5) is 2.10. The molecule has 1 N–H and O–H groups in total. The Labute approximate surface area is 123 Å². The molecular weight excluding hydrogens is 279 g/mol. The lowest BCUT2D eigenvalue weighted by Crippen LogP contribution is -2.31. The van der Waals surface area contributed by atoms with Crippen molar-refractivity contribution < 1.29 is 18.3 Å². The monoisotopic (exact) mass is 301 g/mol. The molecule has 0 bridgehead atoms. The Bertz CT molecular complexity index is 517. The molecule has 1 unspecified atom stereocenters. The average molecular weight is 301 g/mol. The molecule has 1 atom stereocenters. The maximum absolute atomic E-state index is 12.9. The molecule has 1 aliphatic heterocycles. The standard InChI is InChI=1S/C16H22F3NO/c1-10(2)20-9-11(8-15(3,4)21)13-7-12(16(17,18)19)5-6-14(13)20/h5-7,10-11,21H,8-9H2,1-4H3. The van der Waals surface area contributed by atoms with Crippen molar-refractivity contribution in [2.24, 2.45) is 0 Å². The van der Waals surface area contributed by atoms with Crippen molar-refractivity contribution in [2.45, 2.75) is 57.9 Å². The van der Waals surface area contributed by atoms with E-state index in [0.29, 0.717) is 18.5 Å². The van der Waals surface area contributed by atoms with Crippen LogP contribution in [0.15, 0.2) is 18.2 Å². The summed E-state index contributed by atoms with van der Waals surface area (Å²) in [5.74, 6) is -0.0790. The third kappa shape index (κ3) is 3.51. The summed E-state index contributed by atoms with van der Waals surface area (Å²) >= 11 is 0. The van der Waals surface area contributed by atoms with Crippen LogP contribution >= 0.6 is 0 Å². The highest BCUT2D eigenvalue weighted by Crippen LogP contribution is 2.43. The summed E-state index contributed by atoms with van der Waals surface area (Å²) in [6.07, 6.45) is -3.88. The fourth-order valence-electron chi connectivity index (χ4n) is 3.02. The molecule has 1 aliphatic rings. The quantitative estimate of drug-likeness (QED) is 0.905. The van der Waals surface area contributed by atoms with Gasteiger partial charge in [-0.25, -0.2) is 0 Å². The van der Waals surface area contributed by atoms with Crippen LogP contribution in [0, 0.1) is 0 Å². The number of benzene rings is 1. The fourth-order valence-corrected chi connectivity index (χ4v) is 3.02. The highest BCUT2D eigenvalue weighted by atomic mass is 19.4. The summed E-state index contributed by atoms with van der Waals surface area (Å²) < 4.78 is 38.7. The number of aliphatic hydroxyl groups is 1. The normalized spacial score (nSPS) is 19.3. The van der Waals surface area contributed by atoms with Crippen LogP contribution in [-0.2, 0) is 6.18 Å². The summed E-state index contributed by atoms with van der Waals surface area (Å²) in [5, 5.41) is 10.0. The average Bonchev–Trinajstić information content (AvgIpc) is 2.64. The molecule has 1 heterocycles. The highest BCUT2D eigenvalue weighted by Gasteiger charge is 2.37. The number of hydrogen-bond acceptors (Lipinski definition) is 2. The smallest absolute Gasteiger partial charge is 0.390 e. The van der Waals surface area contributed by atoms with Crippen molar-refractivity contribution in [1.29, 1.82) is 0 Å². The maximum Gasteiger partial charge on any atom is 0.416 e. The molecular formula is C16H22F3NO. The highest BCUT2D eigenvalue weighted by molar-refractivity contribution is 5.62. The van der Waals surface area contributed by atoms with Crippen LogP contribution < -0.4 is 4.90 Å². The van der Waals surface area contributed by atoms with Gasteiger partial charge in [0.2, 0.25) is 0 Å². The first-order valence-corrected chi connectivity index (χ1v) is 7.19. The van der Waals surface area contributed by atoms with E-state index in [1.807, 2.05) is 13.8 Å². The maximum atomic E-state index is 12.9. The predicted molar refractivity (Wildman–Crippen MR) is 77.6 cm³/mol. The van der Waals surface area contributed by atoms with E-state index in [1.54, 1.807) is 19.9 Å². The van der Waals surface area contributed by atoms with E-state index in [0.717, 1.165) is 11.8 Å². The van der Waals surface area contributed by atoms with Crippen LogP contribution in [0.4, 0.5) is 18.9 Å². The van der Waals surface area contributed by atoms with Gasteiger partial charge in [-0.05, 0) is 57.9 Å². The minimum absolute atomic E-state index is 0.0790. The number of hydrogen-bond donors (Lipinski definition) is 1. The molecule has 1 aromatic carbocycles. The summed E-state index contributed by atoms with van der Waals surface area (Å²) in [5.41, 5.74) is 0.0314. The van der Waals surface area contributed by atoms with Gasteiger partial charge in [-0.2, -0.15) is 13.2 Å². The van der Waals surface area contributed by atoms with Gasteiger partial charge in [0, 0.05) is 24.2 Å². The lowest BCUT2D eigenvalue weighted by Gasteiger charge is -2.26. The first kappa shape index (κ1) is 16.1. The lowest BCUT2D eigenvalue weighted by atomic mass is 9.88. The number of rotatable bonds is 3. The van der Waals surface area contributed by atoms with Crippen LogP contribution in [0.3, 0.4) is 0 Å². The van der Waals surface area contributed by atoms with Crippen LogP contribution in [0.5, 0.6) is 0 Å². The van der Waals surface area contributed by atoms with Crippen molar-refractivity contribution >= 4 is 5.69 Å². The van der Waals surface area contributed by atoms with Crippen LogP contribution in [0.1, 0.15) is 51.2 Å². The van der Waals surface area contributed by atoms with E-state index in [9.17, 15) is 18.3 Å². The van der Waals surface area contributed by atoms with Gasteiger partial charge in [0.1, 0.15) is 0 Å². The minimum atomic E-state index is -4.33. The van der Waals surface area contributed by atoms with E-state index in [4.69, 9.17) is 0 Å². The van der Waals surface area contributed by atoms with Crippen molar-refractivity contribution in [1.82, 2.24) is 0 Å². The van der Waals surface area contributed by atoms with Crippen molar-refractivity contribution in [2.75, 3.05) is 11.4 Å². The molecule has 0 spiro atoms. The van der Waals surface area contributed by atoms with E-state index in [1.165, 1.54) is 6.07 Å². The topological polar surface area (TPSA) is 23.5 Å². The summed E-state index contributed by atoms with van der Waals surface area (Å²) in [7, 11) is 0. The first-order chi connectivity index (χ1) is 9.49. The molecule has 2 nitrogen and oxygen atoms in total. The van der Waals surface area contributed by atoms with Gasteiger partial charge in [-0.1, -0.05) is 0 Å². The molecule has 0 radical (unpaired) electrons. The molecule has 0 aliphatic carbocycles. The lowest BCUT2D eigenvalue weighted by molar-refractivity contribution is -0.137. The molecule has 0 aromatic heterocycles. The minimum Gasteiger partial charge on any atom is -0.390 e. The Morgan fingerprint density at radius 2 is 1.90 bits per heavy atom. The summed E-state index contributed by atoms with van der Waals surface area (Å²) in [6.45, 7) is 8.08. The second-order valence-electron chi connectivity index (χ2n) is 6.73. The Morgan fingerprint density at radius 1 is 1.29 bits per heavy atom. The zero-order chi connectivity index (χ0) is 16.0. The molecule has 0 fully saturated rings. The number of alkyl halides is 3. The van der Waals surface area contributed by atoms with Gasteiger partial charge in [0.15, 0.2) is 0 Å². The van der Waals surface area contributed by atoms with Gasteiger partial charge < -0.3 is 10.0 Å². The number of halogens is 3. The van der Waals surface area contributed by atoms with Crippen LogP contribution in [0.2, 0.25) is 0 Å². The zero-order valence-electron chi connectivity index (χ0n) is 12.8. The van der Waals surface area contributed by atoms with Crippen molar-refractivity contribution in [3.05, 3.63) is 29.3 Å². The SMILES string of the molecule is CC(C)N1CC(CC(C)(C)O)c2cc(C(F)(F)F)ccc21. The van der Waals surface area contributed by atoms with Crippen molar-refractivity contribution in [3.8, 4) is 0 Å². The zero-order valence-corrected chi connectivity index (χ0v) is 12.8. The van der Waals surface area contributed by atoms with Gasteiger partial charge in [0.25, 0.3) is 0 Å². The molecule has 0 saturated carbocycles. The van der Waals surface area contributed by atoms with Crippen molar-refractivity contribution in [3.63, 3.8) is 0 Å². The molecule has 1 aromatic rings. The van der Waals surface area contributed by atoms with Crippen LogP contribution in [0.25, 0.3) is 0 Å². The molecule has 2 rings (SSSR count). The number of anilines is 1. The number of fused-ring (bicyclic) bond motifs is 1. The van der Waals surface area contributed by atoms with E-state index in [2.05, 4.69) is 4.90 Å². The Kier molecular flexibility index (Phi) is 4.00. The molecule has 21 heavy (non-hydrogen) atoms. The third-order valence-corrected chi connectivity index (χ3v) is 3.89. The van der Waals surface area contributed by atoms with Gasteiger partial charge >= 0.3 is 6.18 Å². The van der Waals surface area contributed by atoms with Gasteiger partial charge in [0.05, 0.1) is 11.2 Å². The fraction of sp³-hybridized carbons (Fsp3) is 0.625. The van der Waals surface area contributed by atoms with Gasteiger partial charge in [-0.3, -0.25) is 0 Å². The molecule has 0 saturated heterocycles. The van der Waals surface area contributed by atoms with E-state index in [-0.39, 0.29) is 12.0 Å². The van der Waals surface area contributed by atoms with Crippen LogP contribution in [-0.4, -0.2) is 23.3 Å². The van der Waals surface area contributed by atoms with E-state index < -0.39 is 17.3 Å². The summed E-state index contributed by atoms with van der Waals surface area (Å²) in [6, 6.07) is 4.16. The molecule has 5 heteroatoms. The number of nitrogens with zero attached hydrogens (tertiary/aromatic N) is 1.